The van der Waals surface area contributed by atoms with E-state index in [1.807, 2.05) is 0 Å². The molecule has 1 aromatic rings. The summed E-state index contributed by atoms with van der Waals surface area (Å²) >= 11 is 0. The maximum atomic E-state index is 12.6. The fourth-order valence-corrected chi connectivity index (χ4v) is 4.10. The number of nitrogens with zero attached hydrogens (tertiary/aromatic N) is 3. The molecule has 9 nitrogen and oxygen atoms in total. The monoisotopic (exact) mass is 402 g/mol. The molecule has 2 fully saturated rings. The second-order valence-electron chi connectivity index (χ2n) is 7.81. The Bertz CT molecular complexity index is 834. The van der Waals surface area contributed by atoms with E-state index >= 15 is 0 Å². The number of benzene rings is 1. The maximum absolute atomic E-state index is 12.6. The molecule has 2 aliphatic rings. The lowest BCUT2D eigenvalue weighted by Gasteiger charge is -2.25. The van der Waals surface area contributed by atoms with Crippen molar-refractivity contribution in [3.63, 3.8) is 0 Å². The van der Waals surface area contributed by atoms with E-state index in [1.54, 1.807) is 26.1 Å². The zero-order chi connectivity index (χ0) is 21.2. The van der Waals surface area contributed by atoms with Crippen LogP contribution in [0.15, 0.2) is 24.3 Å². The van der Waals surface area contributed by atoms with Crippen LogP contribution in [0.4, 0.5) is 10.5 Å². The molecule has 1 heterocycles. The van der Waals surface area contributed by atoms with Gasteiger partial charge >= 0.3 is 6.03 Å². The molecule has 156 valence electrons. The number of nitro groups is 1. The number of carbonyl (C=O) groups excluding carboxylic acids is 3. The molecule has 1 atom stereocenters. The summed E-state index contributed by atoms with van der Waals surface area (Å²) in [4.78, 5) is 50.6. The minimum absolute atomic E-state index is 0.0189. The average molecular weight is 402 g/mol. The number of nitrogens with one attached hydrogen (secondary N) is 1. The number of rotatable bonds is 7. The Morgan fingerprint density at radius 1 is 1.34 bits per heavy atom. The van der Waals surface area contributed by atoms with Crippen LogP contribution in [0.3, 0.4) is 0 Å². The first-order valence-corrected chi connectivity index (χ1v) is 9.89. The molecule has 4 amide bonds. The van der Waals surface area contributed by atoms with Gasteiger partial charge in [-0.05, 0) is 31.7 Å². The molecule has 9 heteroatoms. The smallest absolute Gasteiger partial charge is 0.325 e. The van der Waals surface area contributed by atoms with Gasteiger partial charge < -0.3 is 10.2 Å². The molecule has 1 saturated carbocycles. The third kappa shape index (κ3) is 4.08. The molecule has 1 aliphatic carbocycles. The highest BCUT2D eigenvalue weighted by atomic mass is 16.6. The summed E-state index contributed by atoms with van der Waals surface area (Å²) in [5.41, 5.74) is -0.0732. The molecule has 0 bridgehead atoms. The third-order valence-corrected chi connectivity index (χ3v) is 6.01. The van der Waals surface area contributed by atoms with Crippen molar-refractivity contribution in [1.29, 1.82) is 0 Å². The Labute approximate surface area is 169 Å². The lowest BCUT2D eigenvalue weighted by Crippen LogP contribution is -2.44. The Morgan fingerprint density at radius 2 is 2.03 bits per heavy atom. The standard InChI is InChI=1S/C20H26N4O5/c1-14(15-7-5-8-16(13-15)24(28)29)22(2)17(25)9-6-12-23-18(26)20(21-19(23)27)10-3-4-11-20/h5,7-8,13-14H,3-4,6,9-12H2,1-2H3,(H,21,27)/t14-/m0/s1. The molecule has 1 saturated heterocycles. The van der Waals surface area contributed by atoms with Gasteiger partial charge in [0.25, 0.3) is 11.6 Å². The second-order valence-corrected chi connectivity index (χ2v) is 7.81. The summed E-state index contributed by atoms with van der Waals surface area (Å²) < 4.78 is 0. The number of urea groups is 1. The minimum atomic E-state index is -0.728. The average Bonchev–Trinajstić information content (AvgIpc) is 3.27. The molecule has 0 aromatic heterocycles. The van der Waals surface area contributed by atoms with Crippen molar-refractivity contribution in [3.05, 3.63) is 39.9 Å². The largest absolute Gasteiger partial charge is 0.339 e. The number of imide groups is 1. The molecule has 3 rings (SSSR count). The van der Waals surface area contributed by atoms with E-state index < -0.39 is 10.5 Å². The number of non-ortho nitro benzene ring substituents is 1. The molecule has 29 heavy (non-hydrogen) atoms. The number of nitro benzene ring substituents is 1. The third-order valence-electron chi connectivity index (χ3n) is 6.01. The first kappa shape index (κ1) is 20.8. The van der Waals surface area contributed by atoms with E-state index in [-0.39, 0.29) is 42.5 Å². The van der Waals surface area contributed by atoms with Crippen LogP contribution in [0.1, 0.15) is 57.1 Å². The minimum Gasteiger partial charge on any atom is -0.339 e. The highest BCUT2D eigenvalue weighted by Gasteiger charge is 2.52. The van der Waals surface area contributed by atoms with E-state index in [2.05, 4.69) is 5.32 Å². The molecular formula is C20H26N4O5. The summed E-state index contributed by atoms with van der Waals surface area (Å²) in [5, 5.41) is 13.8. The van der Waals surface area contributed by atoms with E-state index in [4.69, 9.17) is 0 Å². The zero-order valence-corrected chi connectivity index (χ0v) is 16.7. The van der Waals surface area contributed by atoms with Gasteiger partial charge in [-0.2, -0.15) is 0 Å². The predicted octanol–water partition coefficient (Wildman–Crippen LogP) is 2.76. The summed E-state index contributed by atoms with van der Waals surface area (Å²) in [6.45, 7) is 2.01. The fourth-order valence-electron chi connectivity index (χ4n) is 4.10. The van der Waals surface area contributed by atoms with Gasteiger partial charge in [-0.3, -0.25) is 24.6 Å². The topological polar surface area (TPSA) is 113 Å². The number of amides is 4. The van der Waals surface area contributed by atoms with Crippen LogP contribution in [0.2, 0.25) is 0 Å². The molecule has 0 radical (unpaired) electrons. The van der Waals surface area contributed by atoms with E-state index in [1.165, 1.54) is 21.9 Å². The zero-order valence-electron chi connectivity index (χ0n) is 16.7. The van der Waals surface area contributed by atoms with Crippen LogP contribution in [-0.4, -0.2) is 51.7 Å². The maximum Gasteiger partial charge on any atom is 0.325 e. The predicted molar refractivity (Wildman–Crippen MR) is 105 cm³/mol. The second kappa shape index (κ2) is 8.18. The Kier molecular flexibility index (Phi) is 5.86. The lowest BCUT2D eigenvalue weighted by molar-refractivity contribution is -0.384. The van der Waals surface area contributed by atoms with E-state index in [9.17, 15) is 24.5 Å². The highest BCUT2D eigenvalue weighted by molar-refractivity contribution is 6.07. The molecule has 0 unspecified atom stereocenters. The van der Waals surface area contributed by atoms with Crippen molar-refractivity contribution in [1.82, 2.24) is 15.1 Å². The number of carbonyl (C=O) groups is 3. The Balaban J connectivity index is 1.54. The van der Waals surface area contributed by atoms with Crippen LogP contribution in [0.25, 0.3) is 0 Å². The Hall–Kier alpha value is -2.97. The van der Waals surface area contributed by atoms with Gasteiger partial charge in [0.05, 0.1) is 11.0 Å². The van der Waals surface area contributed by atoms with E-state index in [0.717, 1.165) is 12.8 Å². The van der Waals surface area contributed by atoms with Gasteiger partial charge in [0.15, 0.2) is 0 Å². The van der Waals surface area contributed by atoms with Crippen molar-refractivity contribution in [2.75, 3.05) is 13.6 Å². The van der Waals surface area contributed by atoms with Crippen molar-refractivity contribution in [2.45, 2.75) is 57.0 Å². The lowest BCUT2D eigenvalue weighted by atomic mass is 9.98. The number of hydrogen-bond donors (Lipinski definition) is 1. The molecule has 1 spiro atoms. The van der Waals surface area contributed by atoms with Crippen molar-refractivity contribution >= 4 is 23.5 Å². The van der Waals surface area contributed by atoms with Gasteiger partial charge in [0, 0.05) is 32.1 Å². The fraction of sp³-hybridized carbons (Fsp3) is 0.550. The SMILES string of the molecule is C[C@@H](c1cccc([N+](=O)[O-])c1)N(C)C(=O)CCCN1C(=O)NC2(CCCC2)C1=O. The van der Waals surface area contributed by atoms with Crippen LogP contribution < -0.4 is 5.32 Å². The van der Waals surface area contributed by atoms with Crippen LogP contribution in [-0.2, 0) is 9.59 Å². The van der Waals surface area contributed by atoms with Crippen LogP contribution in [0, 0.1) is 10.1 Å². The van der Waals surface area contributed by atoms with Gasteiger partial charge in [-0.1, -0.05) is 25.0 Å². The van der Waals surface area contributed by atoms with Crippen molar-refractivity contribution < 1.29 is 19.3 Å². The van der Waals surface area contributed by atoms with Crippen LogP contribution in [0.5, 0.6) is 0 Å². The van der Waals surface area contributed by atoms with E-state index in [0.29, 0.717) is 24.8 Å². The summed E-state index contributed by atoms with van der Waals surface area (Å²) in [5.74, 6) is -0.322. The van der Waals surface area contributed by atoms with Gasteiger partial charge in [-0.15, -0.1) is 0 Å². The molecule has 1 aromatic carbocycles. The quantitative estimate of drug-likeness (QED) is 0.428. The first-order chi connectivity index (χ1) is 13.7. The van der Waals surface area contributed by atoms with Gasteiger partial charge in [0.2, 0.25) is 5.91 Å². The highest BCUT2D eigenvalue weighted by Crippen LogP contribution is 2.35. The molecule has 1 N–H and O–H groups in total. The number of hydrogen-bond acceptors (Lipinski definition) is 5. The van der Waals surface area contributed by atoms with Crippen molar-refractivity contribution in [2.24, 2.45) is 0 Å². The summed E-state index contributed by atoms with van der Waals surface area (Å²) in [6.07, 6.45) is 3.77. The Morgan fingerprint density at radius 3 is 2.69 bits per heavy atom. The van der Waals surface area contributed by atoms with Crippen LogP contribution >= 0.6 is 0 Å². The first-order valence-electron chi connectivity index (χ1n) is 9.89. The van der Waals surface area contributed by atoms with Gasteiger partial charge in [-0.25, -0.2) is 4.79 Å². The molecular weight excluding hydrogens is 376 g/mol. The molecule has 1 aliphatic heterocycles. The van der Waals surface area contributed by atoms with Crippen molar-refractivity contribution in [3.8, 4) is 0 Å². The van der Waals surface area contributed by atoms with Gasteiger partial charge in [0.1, 0.15) is 5.54 Å². The summed E-state index contributed by atoms with van der Waals surface area (Å²) in [6, 6.07) is 5.51. The summed E-state index contributed by atoms with van der Waals surface area (Å²) in [7, 11) is 1.65. The normalized spacial score (nSPS) is 18.8.